The van der Waals surface area contributed by atoms with Gasteiger partial charge in [0, 0.05) is 44.1 Å². The molecule has 1 aliphatic rings. The standard InChI is InChI=1S/C29H29N7O4/c1-18-22(8-5-9-23(18)33-29(40)36-16-20-6-3-4-7-21(20)17-36)24-14-25(28(39)35(2)34-24)32-26-11-10-19(15-31-26)27(38)30-12-13-37/h3-11,14-15,37H,12-13,16-17H2,1-2H3,(H,30,38)(H,31,32)(H,33,40). The van der Waals surface area contributed by atoms with Crippen LogP contribution in [0.25, 0.3) is 11.3 Å². The van der Waals surface area contributed by atoms with E-state index in [1.165, 1.54) is 10.9 Å². The second-order valence-corrected chi connectivity index (χ2v) is 9.44. The molecule has 0 saturated heterocycles. The van der Waals surface area contributed by atoms with Crippen LogP contribution in [0.15, 0.2) is 71.7 Å². The molecule has 5 rings (SSSR count). The number of pyridine rings is 1. The number of hydrogen-bond acceptors (Lipinski definition) is 7. The molecule has 0 fully saturated rings. The number of aliphatic hydroxyl groups is 1. The maximum atomic E-state index is 13.1. The van der Waals surface area contributed by atoms with Gasteiger partial charge in [-0.1, -0.05) is 36.4 Å². The van der Waals surface area contributed by atoms with E-state index in [0.29, 0.717) is 35.9 Å². The van der Waals surface area contributed by atoms with Gasteiger partial charge < -0.3 is 26.0 Å². The normalized spacial score (nSPS) is 12.1. The Kier molecular flexibility index (Phi) is 7.56. The topological polar surface area (TPSA) is 141 Å². The van der Waals surface area contributed by atoms with Crippen LogP contribution >= 0.6 is 0 Å². The van der Waals surface area contributed by atoms with Gasteiger partial charge in [-0.25, -0.2) is 14.5 Å². The first-order chi connectivity index (χ1) is 19.3. The van der Waals surface area contributed by atoms with Crippen molar-refractivity contribution in [1.29, 1.82) is 0 Å². The fraction of sp³-hybridized carbons (Fsp3) is 0.207. The van der Waals surface area contributed by atoms with Crippen molar-refractivity contribution >= 4 is 29.1 Å². The molecule has 0 spiro atoms. The number of urea groups is 1. The Hall–Kier alpha value is -5.03. The molecular formula is C29H29N7O4. The Bertz CT molecular complexity index is 1610. The Labute approximate surface area is 230 Å². The smallest absolute Gasteiger partial charge is 0.322 e. The van der Waals surface area contributed by atoms with Crippen molar-refractivity contribution in [1.82, 2.24) is 25.0 Å². The monoisotopic (exact) mass is 539 g/mol. The summed E-state index contributed by atoms with van der Waals surface area (Å²) in [6, 6.07) is 18.2. The van der Waals surface area contributed by atoms with Crippen LogP contribution < -0.4 is 21.5 Å². The highest BCUT2D eigenvalue weighted by Crippen LogP contribution is 2.29. The molecule has 3 amide bonds. The van der Waals surface area contributed by atoms with Crippen LogP contribution in [-0.2, 0) is 20.1 Å². The lowest BCUT2D eigenvalue weighted by Crippen LogP contribution is -2.30. The first-order valence-electron chi connectivity index (χ1n) is 12.8. The number of nitrogens with one attached hydrogen (secondary N) is 3. The van der Waals surface area contributed by atoms with Crippen molar-refractivity contribution in [2.24, 2.45) is 7.05 Å². The summed E-state index contributed by atoms with van der Waals surface area (Å²) < 4.78 is 1.24. The second-order valence-electron chi connectivity index (χ2n) is 9.44. The van der Waals surface area contributed by atoms with Crippen LogP contribution in [0, 0.1) is 6.92 Å². The van der Waals surface area contributed by atoms with Gasteiger partial charge in [-0.05, 0) is 47.9 Å². The highest BCUT2D eigenvalue weighted by atomic mass is 16.3. The van der Waals surface area contributed by atoms with Gasteiger partial charge in [0.2, 0.25) is 0 Å². The summed E-state index contributed by atoms with van der Waals surface area (Å²) in [5, 5.41) is 21.9. The minimum atomic E-state index is -0.356. The molecule has 0 atom stereocenters. The van der Waals surface area contributed by atoms with Gasteiger partial charge in [0.1, 0.15) is 11.5 Å². The molecule has 4 aromatic rings. The van der Waals surface area contributed by atoms with E-state index < -0.39 is 0 Å². The highest BCUT2D eigenvalue weighted by Gasteiger charge is 2.23. The summed E-state index contributed by atoms with van der Waals surface area (Å²) in [5.41, 5.74) is 5.26. The lowest BCUT2D eigenvalue weighted by atomic mass is 10.0. The molecule has 0 radical (unpaired) electrons. The minimum absolute atomic E-state index is 0.144. The largest absolute Gasteiger partial charge is 0.395 e. The number of carbonyl (C=O) groups excluding carboxylic acids is 2. The molecule has 204 valence electrons. The zero-order valence-corrected chi connectivity index (χ0v) is 22.1. The van der Waals surface area contributed by atoms with E-state index in [4.69, 9.17) is 5.11 Å². The van der Waals surface area contributed by atoms with Crippen molar-refractivity contribution in [3.63, 3.8) is 0 Å². The van der Waals surface area contributed by atoms with Crippen LogP contribution in [0.5, 0.6) is 0 Å². The lowest BCUT2D eigenvalue weighted by Gasteiger charge is -2.19. The van der Waals surface area contributed by atoms with Gasteiger partial charge in [0.25, 0.3) is 11.5 Å². The van der Waals surface area contributed by atoms with E-state index in [2.05, 4.69) is 26.0 Å². The number of nitrogens with zero attached hydrogens (tertiary/aromatic N) is 4. The Morgan fingerprint density at radius 2 is 1.75 bits per heavy atom. The third-order valence-corrected chi connectivity index (χ3v) is 6.73. The van der Waals surface area contributed by atoms with Gasteiger partial charge in [-0.3, -0.25) is 9.59 Å². The number of aryl methyl sites for hydroxylation is 1. The number of amides is 3. The quantitative estimate of drug-likeness (QED) is 0.283. The van der Waals surface area contributed by atoms with Crippen LogP contribution in [0.1, 0.15) is 27.0 Å². The number of carbonyl (C=O) groups is 2. The maximum absolute atomic E-state index is 13.1. The summed E-state index contributed by atoms with van der Waals surface area (Å²) in [6.07, 6.45) is 1.39. The molecule has 0 bridgehead atoms. The van der Waals surface area contributed by atoms with Crippen molar-refractivity contribution in [3.05, 3.63) is 99.5 Å². The van der Waals surface area contributed by atoms with Gasteiger partial charge in [0.15, 0.2) is 0 Å². The van der Waals surface area contributed by atoms with Gasteiger partial charge in [-0.2, -0.15) is 5.10 Å². The zero-order chi connectivity index (χ0) is 28.2. The molecule has 2 aromatic carbocycles. The van der Waals surface area contributed by atoms with E-state index >= 15 is 0 Å². The minimum Gasteiger partial charge on any atom is -0.395 e. The predicted octanol–water partition coefficient (Wildman–Crippen LogP) is 3.16. The number of fused-ring (bicyclic) bond motifs is 1. The SMILES string of the molecule is Cc1c(NC(=O)N2Cc3ccccc3C2)cccc1-c1cc(Nc2ccc(C(=O)NCCO)cn2)c(=O)n(C)n1. The number of aromatic nitrogens is 3. The van der Waals surface area contributed by atoms with Crippen molar-refractivity contribution in [2.45, 2.75) is 20.0 Å². The van der Waals surface area contributed by atoms with E-state index in [1.54, 1.807) is 30.1 Å². The number of benzene rings is 2. The summed E-state index contributed by atoms with van der Waals surface area (Å²) in [5.74, 6) is 0.0178. The van der Waals surface area contributed by atoms with Crippen molar-refractivity contribution in [2.75, 3.05) is 23.8 Å². The average molecular weight is 540 g/mol. The third kappa shape index (κ3) is 5.54. The lowest BCUT2D eigenvalue weighted by molar-refractivity contribution is 0.0944. The number of anilines is 3. The van der Waals surface area contributed by atoms with Crippen molar-refractivity contribution in [3.8, 4) is 11.3 Å². The van der Waals surface area contributed by atoms with Crippen LogP contribution in [0.3, 0.4) is 0 Å². The molecule has 11 nitrogen and oxygen atoms in total. The first-order valence-corrected chi connectivity index (χ1v) is 12.8. The summed E-state index contributed by atoms with van der Waals surface area (Å²) in [6.45, 7) is 2.99. The first kappa shape index (κ1) is 26.6. The van der Waals surface area contributed by atoms with E-state index in [0.717, 1.165) is 22.3 Å². The van der Waals surface area contributed by atoms with Crippen LogP contribution in [0.4, 0.5) is 22.0 Å². The molecule has 2 aromatic heterocycles. The molecule has 0 unspecified atom stereocenters. The fourth-order valence-electron chi connectivity index (χ4n) is 4.56. The summed E-state index contributed by atoms with van der Waals surface area (Å²) in [7, 11) is 1.56. The Morgan fingerprint density at radius 3 is 2.42 bits per heavy atom. The van der Waals surface area contributed by atoms with Crippen LogP contribution in [-0.4, -0.2) is 49.9 Å². The van der Waals surface area contributed by atoms with Gasteiger partial charge in [0.05, 0.1) is 17.9 Å². The second kappa shape index (κ2) is 11.4. The molecule has 1 aliphatic heterocycles. The van der Waals surface area contributed by atoms with E-state index in [-0.39, 0.29) is 36.3 Å². The zero-order valence-electron chi connectivity index (χ0n) is 22.1. The average Bonchev–Trinajstić information content (AvgIpc) is 3.40. The maximum Gasteiger partial charge on any atom is 0.322 e. The van der Waals surface area contributed by atoms with E-state index in [1.807, 2.05) is 49.4 Å². The highest BCUT2D eigenvalue weighted by molar-refractivity contribution is 5.94. The summed E-state index contributed by atoms with van der Waals surface area (Å²) in [4.78, 5) is 44.0. The van der Waals surface area contributed by atoms with Gasteiger partial charge in [-0.15, -0.1) is 0 Å². The number of aliphatic hydroxyl groups excluding tert-OH is 1. The molecule has 4 N–H and O–H groups in total. The number of rotatable bonds is 7. The predicted molar refractivity (Wildman–Crippen MR) is 151 cm³/mol. The summed E-state index contributed by atoms with van der Waals surface area (Å²) >= 11 is 0. The Morgan fingerprint density at radius 1 is 1.00 bits per heavy atom. The molecular weight excluding hydrogens is 510 g/mol. The molecule has 11 heteroatoms. The molecule has 40 heavy (non-hydrogen) atoms. The molecule has 0 saturated carbocycles. The van der Waals surface area contributed by atoms with Gasteiger partial charge >= 0.3 is 6.03 Å². The number of hydrogen-bond donors (Lipinski definition) is 4. The molecule has 0 aliphatic carbocycles. The van der Waals surface area contributed by atoms with Crippen molar-refractivity contribution < 1.29 is 14.7 Å². The molecule has 3 heterocycles. The van der Waals surface area contributed by atoms with Crippen LogP contribution in [0.2, 0.25) is 0 Å². The third-order valence-electron chi connectivity index (χ3n) is 6.73. The Balaban J connectivity index is 1.35. The van der Waals surface area contributed by atoms with E-state index in [9.17, 15) is 14.4 Å². The fourth-order valence-corrected chi connectivity index (χ4v) is 4.56.